The predicted octanol–water partition coefficient (Wildman–Crippen LogP) is 4.63. The van der Waals surface area contributed by atoms with Gasteiger partial charge in [0.15, 0.2) is 0 Å². The zero-order valence-corrected chi connectivity index (χ0v) is 14.7. The van der Waals surface area contributed by atoms with Crippen molar-refractivity contribution in [2.45, 2.75) is 38.5 Å². The zero-order chi connectivity index (χ0) is 18.1. The molecule has 1 aliphatic heterocycles. The molecule has 2 aromatic rings. The SMILES string of the molecule is C[C@H]1C(C2CC2)Nc2ccc(F)cc2[C@@H]1NC(=O)OCc1ccccc1. The second-order valence-corrected chi connectivity index (χ2v) is 7.28. The van der Waals surface area contributed by atoms with Gasteiger partial charge in [-0.25, -0.2) is 9.18 Å². The Hall–Kier alpha value is -2.56. The second kappa shape index (κ2) is 6.98. The molecule has 0 saturated heterocycles. The van der Waals surface area contributed by atoms with Crippen LogP contribution in [0.2, 0.25) is 0 Å². The molecule has 5 heteroatoms. The first-order valence-electron chi connectivity index (χ1n) is 9.15. The lowest BCUT2D eigenvalue weighted by Gasteiger charge is -2.39. The number of nitrogens with one attached hydrogen (secondary N) is 2. The van der Waals surface area contributed by atoms with Gasteiger partial charge in [-0.05, 0) is 42.5 Å². The first-order valence-corrected chi connectivity index (χ1v) is 9.15. The number of anilines is 1. The number of carbonyl (C=O) groups excluding carboxylic acids is 1. The average molecular weight is 354 g/mol. The van der Waals surface area contributed by atoms with Gasteiger partial charge in [0.2, 0.25) is 0 Å². The quantitative estimate of drug-likeness (QED) is 0.841. The summed E-state index contributed by atoms with van der Waals surface area (Å²) in [6.45, 7) is 2.32. The van der Waals surface area contributed by atoms with E-state index in [1.165, 1.54) is 25.0 Å². The molecule has 2 N–H and O–H groups in total. The number of hydrogen-bond donors (Lipinski definition) is 2. The first-order chi connectivity index (χ1) is 12.6. The summed E-state index contributed by atoms with van der Waals surface area (Å²) in [5.41, 5.74) is 2.61. The molecule has 4 rings (SSSR count). The topological polar surface area (TPSA) is 50.4 Å². The number of fused-ring (bicyclic) bond motifs is 1. The van der Waals surface area contributed by atoms with Crippen LogP contribution >= 0.6 is 0 Å². The third-order valence-corrected chi connectivity index (χ3v) is 5.38. The van der Waals surface area contributed by atoms with Crippen LogP contribution < -0.4 is 10.6 Å². The fraction of sp³-hybridized carbons (Fsp3) is 0.381. The van der Waals surface area contributed by atoms with E-state index in [1.54, 1.807) is 6.07 Å². The van der Waals surface area contributed by atoms with Crippen molar-refractivity contribution in [3.05, 3.63) is 65.5 Å². The van der Waals surface area contributed by atoms with E-state index in [4.69, 9.17) is 4.74 Å². The average Bonchev–Trinajstić information content (AvgIpc) is 3.48. The molecular weight excluding hydrogens is 331 g/mol. The summed E-state index contributed by atoms with van der Waals surface area (Å²) in [7, 11) is 0. The maximum absolute atomic E-state index is 13.8. The molecule has 0 bridgehead atoms. The van der Waals surface area contributed by atoms with Gasteiger partial charge in [-0.3, -0.25) is 0 Å². The minimum atomic E-state index is -0.475. The molecule has 2 aliphatic rings. The van der Waals surface area contributed by atoms with Crippen molar-refractivity contribution in [3.8, 4) is 0 Å². The van der Waals surface area contributed by atoms with E-state index in [0.717, 1.165) is 16.8 Å². The standard InChI is InChI=1S/C21H23FN2O2/c1-13-19(15-7-8-15)23-18-10-9-16(22)11-17(18)20(13)24-21(25)26-12-14-5-3-2-4-6-14/h2-6,9-11,13,15,19-20,23H,7-8,12H2,1H3,(H,24,25)/t13-,19?,20+/m0/s1. The van der Waals surface area contributed by atoms with Crippen LogP contribution in [0.15, 0.2) is 48.5 Å². The van der Waals surface area contributed by atoms with Crippen LogP contribution in [0.1, 0.15) is 36.9 Å². The van der Waals surface area contributed by atoms with Crippen LogP contribution in [0.3, 0.4) is 0 Å². The van der Waals surface area contributed by atoms with E-state index in [9.17, 15) is 9.18 Å². The highest BCUT2D eigenvalue weighted by atomic mass is 19.1. The van der Waals surface area contributed by atoms with Gasteiger partial charge in [0.1, 0.15) is 12.4 Å². The number of alkyl carbamates (subject to hydrolysis) is 1. The zero-order valence-electron chi connectivity index (χ0n) is 14.7. The molecule has 1 heterocycles. The summed E-state index contributed by atoms with van der Waals surface area (Å²) < 4.78 is 19.2. The second-order valence-electron chi connectivity index (χ2n) is 7.28. The normalized spacial score (nSPS) is 24.3. The summed E-state index contributed by atoms with van der Waals surface area (Å²) in [4.78, 5) is 12.4. The summed E-state index contributed by atoms with van der Waals surface area (Å²) in [5, 5.41) is 6.51. The lowest BCUT2D eigenvalue weighted by Crippen LogP contribution is -2.45. The Morgan fingerprint density at radius 1 is 1.23 bits per heavy atom. The van der Waals surface area contributed by atoms with Crippen molar-refractivity contribution in [1.29, 1.82) is 0 Å². The maximum Gasteiger partial charge on any atom is 0.407 e. The van der Waals surface area contributed by atoms with E-state index in [1.807, 2.05) is 30.3 Å². The number of carbonyl (C=O) groups is 1. The van der Waals surface area contributed by atoms with Crippen LogP contribution in [-0.2, 0) is 11.3 Å². The molecule has 1 fully saturated rings. The molecule has 3 atom stereocenters. The minimum absolute atomic E-state index is 0.154. The summed E-state index contributed by atoms with van der Waals surface area (Å²) >= 11 is 0. The molecule has 1 unspecified atom stereocenters. The molecule has 136 valence electrons. The predicted molar refractivity (Wildman–Crippen MR) is 98.2 cm³/mol. The first kappa shape index (κ1) is 16.9. The smallest absolute Gasteiger partial charge is 0.407 e. The highest BCUT2D eigenvalue weighted by Gasteiger charge is 2.42. The van der Waals surface area contributed by atoms with Crippen LogP contribution in [0, 0.1) is 17.7 Å². The van der Waals surface area contributed by atoms with Crippen LogP contribution in [0.4, 0.5) is 14.9 Å². The lowest BCUT2D eigenvalue weighted by atomic mass is 9.81. The van der Waals surface area contributed by atoms with Gasteiger partial charge >= 0.3 is 6.09 Å². The number of benzene rings is 2. The van der Waals surface area contributed by atoms with E-state index >= 15 is 0 Å². The molecule has 2 aromatic carbocycles. The molecule has 0 spiro atoms. The van der Waals surface area contributed by atoms with Crippen molar-refractivity contribution in [3.63, 3.8) is 0 Å². The Kier molecular flexibility index (Phi) is 4.53. The van der Waals surface area contributed by atoms with Crippen LogP contribution in [0.25, 0.3) is 0 Å². The van der Waals surface area contributed by atoms with Gasteiger partial charge in [-0.15, -0.1) is 0 Å². The van der Waals surface area contributed by atoms with Gasteiger partial charge in [-0.2, -0.15) is 0 Å². The van der Waals surface area contributed by atoms with Crippen molar-refractivity contribution in [2.75, 3.05) is 5.32 Å². The van der Waals surface area contributed by atoms with E-state index in [2.05, 4.69) is 17.6 Å². The number of hydrogen-bond acceptors (Lipinski definition) is 3. The molecule has 0 aromatic heterocycles. The summed E-state index contributed by atoms with van der Waals surface area (Å²) in [6.07, 6.45) is 1.92. The molecule has 1 saturated carbocycles. The van der Waals surface area contributed by atoms with Gasteiger partial charge in [0.05, 0.1) is 6.04 Å². The minimum Gasteiger partial charge on any atom is -0.445 e. The molecule has 0 radical (unpaired) electrons. The van der Waals surface area contributed by atoms with Crippen LogP contribution in [0.5, 0.6) is 0 Å². The fourth-order valence-corrected chi connectivity index (χ4v) is 3.83. The highest BCUT2D eigenvalue weighted by Crippen LogP contribution is 2.45. The van der Waals surface area contributed by atoms with Crippen molar-refractivity contribution < 1.29 is 13.9 Å². The Morgan fingerprint density at radius 2 is 2.00 bits per heavy atom. The molecule has 1 amide bonds. The maximum atomic E-state index is 13.8. The van der Waals surface area contributed by atoms with E-state index in [0.29, 0.717) is 5.92 Å². The van der Waals surface area contributed by atoms with Gasteiger partial charge < -0.3 is 15.4 Å². The lowest BCUT2D eigenvalue weighted by molar-refractivity contribution is 0.130. The van der Waals surface area contributed by atoms with Crippen molar-refractivity contribution in [2.24, 2.45) is 11.8 Å². The van der Waals surface area contributed by atoms with Gasteiger partial charge in [0.25, 0.3) is 0 Å². The number of amides is 1. The fourth-order valence-electron chi connectivity index (χ4n) is 3.83. The van der Waals surface area contributed by atoms with Crippen molar-refractivity contribution in [1.82, 2.24) is 5.32 Å². The molecule has 4 nitrogen and oxygen atoms in total. The van der Waals surface area contributed by atoms with Crippen LogP contribution in [-0.4, -0.2) is 12.1 Å². The third-order valence-electron chi connectivity index (χ3n) is 5.38. The Morgan fingerprint density at radius 3 is 2.73 bits per heavy atom. The Bertz CT molecular complexity index is 792. The number of ether oxygens (including phenoxy) is 1. The molecule has 26 heavy (non-hydrogen) atoms. The van der Waals surface area contributed by atoms with Gasteiger partial charge in [-0.1, -0.05) is 37.3 Å². The van der Waals surface area contributed by atoms with Crippen molar-refractivity contribution >= 4 is 11.8 Å². The number of rotatable bonds is 4. The van der Waals surface area contributed by atoms with E-state index < -0.39 is 6.09 Å². The van der Waals surface area contributed by atoms with E-state index in [-0.39, 0.29) is 30.4 Å². The summed E-state index contributed by atoms with van der Waals surface area (Å²) in [5.74, 6) is 0.473. The summed E-state index contributed by atoms with van der Waals surface area (Å²) in [6, 6.07) is 14.3. The largest absolute Gasteiger partial charge is 0.445 e. The highest BCUT2D eigenvalue weighted by molar-refractivity contribution is 5.69. The Labute approximate surface area is 152 Å². The Balaban J connectivity index is 1.50. The monoisotopic (exact) mass is 354 g/mol. The number of halogens is 1. The molecule has 1 aliphatic carbocycles. The van der Waals surface area contributed by atoms with Gasteiger partial charge in [0, 0.05) is 23.2 Å². The molecular formula is C21H23FN2O2. The third kappa shape index (κ3) is 3.52.